The van der Waals surface area contributed by atoms with E-state index in [1.54, 1.807) is 13.3 Å². The molecule has 0 bridgehead atoms. The second-order valence-electron chi connectivity index (χ2n) is 6.48. The number of ether oxygens (including phenoxy) is 2. The van der Waals surface area contributed by atoms with Crippen LogP contribution in [0.1, 0.15) is 11.1 Å². The van der Waals surface area contributed by atoms with Crippen LogP contribution in [-0.2, 0) is 6.61 Å². The van der Waals surface area contributed by atoms with Gasteiger partial charge in [0.25, 0.3) is 0 Å². The van der Waals surface area contributed by atoms with Gasteiger partial charge in [-0.2, -0.15) is 5.10 Å². The van der Waals surface area contributed by atoms with Gasteiger partial charge < -0.3 is 9.47 Å². The minimum Gasteiger partial charge on any atom is -0.497 e. The first-order valence-corrected chi connectivity index (χ1v) is 10.3. The first kappa shape index (κ1) is 19.7. The highest BCUT2D eigenvalue weighted by Gasteiger charge is 2.03. The van der Waals surface area contributed by atoms with Crippen molar-refractivity contribution >= 4 is 22.7 Å². The third-order valence-corrected chi connectivity index (χ3v) is 5.11. The molecular formula is C24H21N3O2S. The molecule has 4 rings (SSSR count). The van der Waals surface area contributed by atoms with Crippen molar-refractivity contribution in [2.24, 2.45) is 5.10 Å². The zero-order valence-electron chi connectivity index (χ0n) is 16.5. The Kier molecular flexibility index (Phi) is 6.37. The summed E-state index contributed by atoms with van der Waals surface area (Å²) >= 11 is 1.52. The number of aromatic nitrogens is 1. The van der Waals surface area contributed by atoms with Gasteiger partial charge in [0.15, 0.2) is 0 Å². The van der Waals surface area contributed by atoms with Crippen molar-refractivity contribution in [1.29, 1.82) is 0 Å². The van der Waals surface area contributed by atoms with Gasteiger partial charge in [0.05, 0.1) is 19.0 Å². The molecule has 0 aliphatic heterocycles. The van der Waals surface area contributed by atoms with Crippen LogP contribution in [0.15, 0.2) is 89.3 Å². The summed E-state index contributed by atoms with van der Waals surface area (Å²) in [4.78, 5) is 4.56. The van der Waals surface area contributed by atoms with E-state index in [9.17, 15) is 0 Å². The van der Waals surface area contributed by atoms with Gasteiger partial charge in [0.1, 0.15) is 18.1 Å². The molecule has 0 aliphatic rings. The Morgan fingerprint density at radius 2 is 1.80 bits per heavy atom. The molecular weight excluding hydrogens is 394 g/mol. The summed E-state index contributed by atoms with van der Waals surface area (Å²) in [7, 11) is 1.66. The van der Waals surface area contributed by atoms with Crippen LogP contribution in [0.3, 0.4) is 0 Å². The van der Waals surface area contributed by atoms with E-state index in [1.165, 1.54) is 11.3 Å². The van der Waals surface area contributed by atoms with Gasteiger partial charge in [-0.05, 0) is 47.5 Å². The number of nitrogens with one attached hydrogen (secondary N) is 1. The lowest BCUT2D eigenvalue weighted by molar-refractivity contribution is 0.305. The van der Waals surface area contributed by atoms with Gasteiger partial charge in [0, 0.05) is 10.9 Å². The Balaban J connectivity index is 1.30. The average Bonchev–Trinajstić information content (AvgIpc) is 3.28. The molecule has 5 nitrogen and oxygen atoms in total. The molecule has 1 N–H and O–H groups in total. The molecule has 150 valence electrons. The van der Waals surface area contributed by atoms with Gasteiger partial charge in [-0.1, -0.05) is 42.5 Å². The van der Waals surface area contributed by atoms with Crippen LogP contribution in [0.25, 0.3) is 11.3 Å². The summed E-state index contributed by atoms with van der Waals surface area (Å²) in [5, 5.41) is 7.05. The fourth-order valence-electron chi connectivity index (χ4n) is 2.81. The van der Waals surface area contributed by atoms with E-state index in [-0.39, 0.29) is 0 Å². The molecule has 1 aromatic heterocycles. The molecule has 0 saturated heterocycles. The van der Waals surface area contributed by atoms with Gasteiger partial charge in [-0.25, -0.2) is 4.98 Å². The molecule has 0 unspecified atom stereocenters. The average molecular weight is 416 g/mol. The van der Waals surface area contributed by atoms with Crippen molar-refractivity contribution in [3.8, 4) is 22.8 Å². The van der Waals surface area contributed by atoms with Crippen LogP contribution in [0.2, 0.25) is 0 Å². The standard InChI is InChI=1S/C24H21N3O2S/c1-28-22-9-5-6-19(14-22)16-29-21-12-10-18(11-13-21)15-25-27-24-26-23(17-30-24)20-7-3-2-4-8-20/h2-15,17H,16H2,1H3,(H,26,27). The topological polar surface area (TPSA) is 55.7 Å². The Morgan fingerprint density at radius 1 is 0.967 bits per heavy atom. The number of methoxy groups -OCH3 is 1. The molecule has 6 heteroatoms. The normalized spacial score (nSPS) is 10.8. The lowest BCUT2D eigenvalue weighted by Crippen LogP contribution is -1.96. The highest BCUT2D eigenvalue weighted by molar-refractivity contribution is 7.14. The van der Waals surface area contributed by atoms with Crippen molar-refractivity contribution in [3.05, 3.63) is 95.4 Å². The fourth-order valence-corrected chi connectivity index (χ4v) is 3.48. The van der Waals surface area contributed by atoms with E-state index < -0.39 is 0 Å². The third kappa shape index (κ3) is 5.24. The molecule has 0 atom stereocenters. The molecule has 0 spiro atoms. The van der Waals surface area contributed by atoms with E-state index in [1.807, 2.05) is 84.2 Å². The maximum Gasteiger partial charge on any atom is 0.203 e. The molecule has 0 fully saturated rings. The molecule has 0 saturated carbocycles. The van der Waals surface area contributed by atoms with Crippen LogP contribution in [-0.4, -0.2) is 18.3 Å². The summed E-state index contributed by atoms with van der Waals surface area (Å²) < 4.78 is 11.1. The van der Waals surface area contributed by atoms with E-state index in [0.717, 1.165) is 39.0 Å². The third-order valence-electron chi connectivity index (χ3n) is 4.37. The van der Waals surface area contributed by atoms with Gasteiger partial charge in [0.2, 0.25) is 5.13 Å². The summed E-state index contributed by atoms with van der Waals surface area (Å²) in [6.45, 7) is 0.486. The first-order valence-electron chi connectivity index (χ1n) is 9.46. The Hall–Kier alpha value is -3.64. The lowest BCUT2D eigenvalue weighted by atomic mass is 10.2. The molecule has 4 aromatic rings. The van der Waals surface area contributed by atoms with Gasteiger partial charge in [-0.15, -0.1) is 11.3 Å². The highest BCUT2D eigenvalue weighted by atomic mass is 32.1. The number of thiazole rings is 1. The Bertz CT molecular complexity index is 1110. The fraction of sp³-hybridized carbons (Fsp3) is 0.0833. The lowest BCUT2D eigenvalue weighted by Gasteiger charge is -2.07. The maximum absolute atomic E-state index is 5.84. The second-order valence-corrected chi connectivity index (χ2v) is 7.34. The van der Waals surface area contributed by atoms with Crippen LogP contribution < -0.4 is 14.9 Å². The molecule has 0 aliphatic carbocycles. The Morgan fingerprint density at radius 3 is 2.60 bits per heavy atom. The van der Waals surface area contributed by atoms with Crippen LogP contribution >= 0.6 is 11.3 Å². The van der Waals surface area contributed by atoms with Crippen molar-refractivity contribution in [3.63, 3.8) is 0 Å². The summed E-state index contributed by atoms with van der Waals surface area (Å²) in [5.74, 6) is 1.63. The SMILES string of the molecule is COc1cccc(COc2ccc(C=NNc3nc(-c4ccccc4)cs3)cc2)c1. The minimum absolute atomic E-state index is 0.486. The minimum atomic E-state index is 0.486. The van der Waals surface area contributed by atoms with Crippen molar-refractivity contribution in [1.82, 2.24) is 4.98 Å². The largest absolute Gasteiger partial charge is 0.497 e. The monoisotopic (exact) mass is 415 g/mol. The van der Waals surface area contributed by atoms with Gasteiger partial charge >= 0.3 is 0 Å². The van der Waals surface area contributed by atoms with Crippen LogP contribution in [0.5, 0.6) is 11.5 Å². The van der Waals surface area contributed by atoms with Crippen molar-refractivity contribution < 1.29 is 9.47 Å². The second kappa shape index (κ2) is 9.71. The quantitative estimate of drug-likeness (QED) is 0.290. The molecule has 30 heavy (non-hydrogen) atoms. The van der Waals surface area contributed by atoms with Gasteiger partial charge in [-0.3, -0.25) is 5.43 Å². The van der Waals surface area contributed by atoms with Crippen LogP contribution in [0, 0.1) is 0 Å². The summed E-state index contributed by atoms with van der Waals surface area (Å²) in [5.41, 5.74) is 7.05. The number of hydrazone groups is 1. The number of anilines is 1. The molecule has 0 radical (unpaired) electrons. The molecule has 0 amide bonds. The number of hydrogen-bond acceptors (Lipinski definition) is 6. The number of rotatable bonds is 8. The predicted molar refractivity (Wildman–Crippen MR) is 123 cm³/mol. The van der Waals surface area contributed by atoms with Crippen molar-refractivity contribution in [2.45, 2.75) is 6.61 Å². The van der Waals surface area contributed by atoms with E-state index >= 15 is 0 Å². The smallest absolute Gasteiger partial charge is 0.203 e. The molecule has 1 heterocycles. The first-order chi connectivity index (χ1) is 14.8. The van der Waals surface area contributed by atoms with E-state index in [0.29, 0.717) is 6.61 Å². The maximum atomic E-state index is 5.84. The van der Waals surface area contributed by atoms with E-state index in [4.69, 9.17) is 9.47 Å². The highest BCUT2D eigenvalue weighted by Crippen LogP contribution is 2.24. The summed E-state index contributed by atoms with van der Waals surface area (Å²) in [6.07, 6.45) is 1.76. The molecule has 3 aromatic carbocycles. The zero-order valence-corrected chi connectivity index (χ0v) is 17.3. The number of nitrogens with zero attached hydrogens (tertiary/aromatic N) is 2. The summed E-state index contributed by atoms with van der Waals surface area (Å²) in [6, 6.07) is 25.7. The number of hydrogen-bond donors (Lipinski definition) is 1. The van der Waals surface area contributed by atoms with E-state index in [2.05, 4.69) is 15.5 Å². The zero-order chi connectivity index (χ0) is 20.6. The number of benzene rings is 3. The predicted octanol–water partition coefficient (Wildman–Crippen LogP) is 5.84. The van der Waals surface area contributed by atoms with Crippen LogP contribution in [0.4, 0.5) is 5.13 Å². The van der Waals surface area contributed by atoms with Crippen molar-refractivity contribution in [2.75, 3.05) is 12.5 Å². The Labute approximate surface area is 179 Å².